The standard InChI is InChI=1S/C18H19ClN4OS/c1-12(22-25(24)18(2,3)4)14-11-23-17(15(19)10-20-23)21-16(14)13-8-6-5-7-9-13/h5-11H,1-4H3/b22-12+. The van der Waals surface area contributed by atoms with E-state index < -0.39 is 16.1 Å². The van der Waals surface area contributed by atoms with Gasteiger partial charge in [-0.15, -0.1) is 0 Å². The highest BCUT2D eigenvalue weighted by Gasteiger charge is 2.27. The maximum Gasteiger partial charge on any atom is 0.174 e. The quantitative estimate of drug-likeness (QED) is 0.506. The molecule has 5 nitrogen and oxygen atoms in total. The van der Waals surface area contributed by atoms with E-state index in [1.165, 1.54) is 0 Å². The first-order valence-corrected chi connectivity index (χ1v) is 9.33. The Hall–Kier alpha value is -1.89. The Kier molecular flexibility index (Phi) is 4.86. The van der Waals surface area contributed by atoms with Crippen LogP contribution >= 0.6 is 11.6 Å². The van der Waals surface area contributed by atoms with Gasteiger partial charge in [0, 0.05) is 17.3 Å². The molecule has 0 radical (unpaired) electrons. The number of benzene rings is 1. The molecule has 0 saturated carbocycles. The fourth-order valence-electron chi connectivity index (χ4n) is 2.27. The van der Waals surface area contributed by atoms with Gasteiger partial charge in [0.05, 0.1) is 17.6 Å². The molecule has 0 aliphatic carbocycles. The van der Waals surface area contributed by atoms with Crippen molar-refractivity contribution in [1.82, 2.24) is 14.6 Å². The van der Waals surface area contributed by atoms with Gasteiger partial charge in [-0.3, -0.25) is 0 Å². The summed E-state index contributed by atoms with van der Waals surface area (Å²) in [5, 5.41) is 4.70. The molecule has 3 aromatic rings. The molecule has 1 atom stereocenters. The maximum absolute atomic E-state index is 12.4. The SMILES string of the molecule is C/C(=N\[S+]([O-])C(C)(C)C)c1cn2ncc(Cl)c2nc1-c1ccccc1. The van der Waals surface area contributed by atoms with Crippen molar-refractivity contribution in [2.75, 3.05) is 0 Å². The molecule has 0 aliphatic heterocycles. The third kappa shape index (κ3) is 3.71. The Morgan fingerprint density at radius 2 is 1.92 bits per heavy atom. The lowest BCUT2D eigenvalue weighted by Crippen LogP contribution is -2.26. The van der Waals surface area contributed by atoms with E-state index in [0.717, 1.165) is 16.8 Å². The number of nitrogens with zero attached hydrogens (tertiary/aromatic N) is 4. The molecule has 0 N–H and O–H groups in total. The van der Waals surface area contributed by atoms with Crippen LogP contribution in [0.2, 0.25) is 5.02 Å². The van der Waals surface area contributed by atoms with Gasteiger partial charge >= 0.3 is 0 Å². The summed E-state index contributed by atoms with van der Waals surface area (Å²) >= 11 is 4.83. The number of rotatable bonds is 3. The molecular weight excluding hydrogens is 356 g/mol. The molecule has 0 fully saturated rings. The first kappa shape index (κ1) is 17.9. The smallest absolute Gasteiger partial charge is 0.174 e. The van der Waals surface area contributed by atoms with Crippen LogP contribution in [0.3, 0.4) is 0 Å². The Bertz CT molecular complexity index is 931. The van der Waals surface area contributed by atoms with E-state index in [1.807, 2.05) is 64.2 Å². The third-order valence-electron chi connectivity index (χ3n) is 3.63. The van der Waals surface area contributed by atoms with E-state index in [0.29, 0.717) is 16.4 Å². The molecule has 3 rings (SSSR count). The number of hydrogen-bond acceptors (Lipinski definition) is 4. The molecule has 130 valence electrons. The molecule has 2 heterocycles. The molecule has 1 unspecified atom stereocenters. The summed E-state index contributed by atoms with van der Waals surface area (Å²) in [5.74, 6) is 0. The van der Waals surface area contributed by atoms with Crippen LogP contribution in [-0.2, 0) is 11.4 Å². The van der Waals surface area contributed by atoms with Crippen molar-refractivity contribution in [3.8, 4) is 11.3 Å². The van der Waals surface area contributed by atoms with E-state index in [9.17, 15) is 4.55 Å². The number of halogens is 1. The molecule has 25 heavy (non-hydrogen) atoms. The van der Waals surface area contributed by atoms with Crippen LogP contribution < -0.4 is 0 Å². The van der Waals surface area contributed by atoms with Gasteiger partial charge in [-0.25, -0.2) is 9.50 Å². The van der Waals surface area contributed by atoms with Crippen molar-refractivity contribution in [2.24, 2.45) is 4.40 Å². The van der Waals surface area contributed by atoms with Crippen LogP contribution in [0.25, 0.3) is 16.9 Å². The van der Waals surface area contributed by atoms with Crippen molar-refractivity contribution >= 4 is 34.3 Å². The van der Waals surface area contributed by atoms with Gasteiger partial charge in [-0.1, -0.05) is 46.3 Å². The fourth-order valence-corrected chi connectivity index (χ4v) is 3.07. The molecular formula is C18H19ClN4OS. The Balaban J connectivity index is 2.21. The van der Waals surface area contributed by atoms with Gasteiger partial charge in [0.25, 0.3) is 0 Å². The zero-order chi connectivity index (χ0) is 18.2. The van der Waals surface area contributed by atoms with Crippen molar-refractivity contribution in [2.45, 2.75) is 32.4 Å². The van der Waals surface area contributed by atoms with Gasteiger partial charge < -0.3 is 4.55 Å². The zero-order valence-corrected chi connectivity index (χ0v) is 16.1. The van der Waals surface area contributed by atoms with Gasteiger partial charge in [0.15, 0.2) is 5.65 Å². The largest absolute Gasteiger partial charge is 0.591 e. The van der Waals surface area contributed by atoms with Crippen molar-refractivity contribution in [1.29, 1.82) is 0 Å². The van der Waals surface area contributed by atoms with Crippen LogP contribution in [0.5, 0.6) is 0 Å². The summed E-state index contributed by atoms with van der Waals surface area (Å²) < 4.78 is 18.0. The molecule has 2 aromatic heterocycles. The van der Waals surface area contributed by atoms with Crippen LogP contribution in [0, 0.1) is 0 Å². The van der Waals surface area contributed by atoms with Crippen LogP contribution in [-0.4, -0.2) is 29.6 Å². The minimum Gasteiger partial charge on any atom is -0.591 e. The monoisotopic (exact) mass is 374 g/mol. The van der Waals surface area contributed by atoms with E-state index in [4.69, 9.17) is 11.6 Å². The van der Waals surface area contributed by atoms with Gasteiger partial charge in [0.1, 0.15) is 21.1 Å². The topological polar surface area (TPSA) is 65.6 Å². The highest BCUT2D eigenvalue weighted by Crippen LogP contribution is 2.26. The molecule has 1 aromatic carbocycles. The van der Waals surface area contributed by atoms with E-state index in [-0.39, 0.29) is 0 Å². The Labute approximate surface area is 155 Å². The summed E-state index contributed by atoms with van der Waals surface area (Å²) in [6.45, 7) is 7.52. The second-order valence-corrected chi connectivity index (χ2v) is 8.98. The van der Waals surface area contributed by atoms with Gasteiger partial charge in [0.2, 0.25) is 0 Å². The van der Waals surface area contributed by atoms with E-state index in [2.05, 4.69) is 14.5 Å². The second-order valence-electron chi connectivity index (χ2n) is 6.67. The van der Waals surface area contributed by atoms with E-state index >= 15 is 0 Å². The Morgan fingerprint density at radius 3 is 2.56 bits per heavy atom. The first-order chi connectivity index (χ1) is 11.8. The molecule has 0 amide bonds. The van der Waals surface area contributed by atoms with Crippen molar-refractivity contribution in [3.05, 3.63) is 53.3 Å². The average molecular weight is 375 g/mol. The van der Waals surface area contributed by atoms with Gasteiger partial charge in [-0.05, 0) is 27.7 Å². The number of aromatic nitrogens is 3. The normalized spacial score (nSPS) is 14.1. The predicted octanol–water partition coefficient (Wildman–Crippen LogP) is 4.32. The zero-order valence-electron chi connectivity index (χ0n) is 14.5. The highest BCUT2D eigenvalue weighted by atomic mass is 35.5. The summed E-state index contributed by atoms with van der Waals surface area (Å²) in [5.41, 5.74) is 3.68. The summed E-state index contributed by atoms with van der Waals surface area (Å²) in [6.07, 6.45) is 3.39. The summed E-state index contributed by atoms with van der Waals surface area (Å²) in [7, 11) is 0. The highest BCUT2D eigenvalue weighted by molar-refractivity contribution is 7.91. The first-order valence-electron chi connectivity index (χ1n) is 7.84. The summed E-state index contributed by atoms with van der Waals surface area (Å²) in [4.78, 5) is 4.68. The number of fused-ring (bicyclic) bond motifs is 1. The van der Waals surface area contributed by atoms with Gasteiger partial charge in [-0.2, -0.15) is 5.10 Å². The summed E-state index contributed by atoms with van der Waals surface area (Å²) in [6, 6.07) is 9.79. The second kappa shape index (κ2) is 6.78. The Morgan fingerprint density at radius 1 is 1.24 bits per heavy atom. The van der Waals surface area contributed by atoms with Crippen LogP contribution in [0.1, 0.15) is 33.3 Å². The third-order valence-corrected chi connectivity index (χ3v) is 5.39. The van der Waals surface area contributed by atoms with Crippen LogP contribution in [0.4, 0.5) is 0 Å². The number of hydrogen-bond donors (Lipinski definition) is 0. The molecule has 0 spiro atoms. The molecule has 0 bridgehead atoms. The molecule has 0 aliphatic rings. The van der Waals surface area contributed by atoms with Crippen molar-refractivity contribution in [3.63, 3.8) is 0 Å². The van der Waals surface area contributed by atoms with Crippen LogP contribution in [0.15, 0.2) is 47.1 Å². The maximum atomic E-state index is 12.4. The average Bonchev–Trinajstić information content (AvgIpc) is 2.94. The molecule has 7 heteroatoms. The van der Waals surface area contributed by atoms with Crippen molar-refractivity contribution < 1.29 is 4.55 Å². The minimum atomic E-state index is -1.36. The molecule has 0 saturated heterocycles. The lowest BCUT2D eigenvalue weighted by atomic mass is 10.0. The van der Waals surface area contributed by atoms with E-state index in [1.54, 1.807) is 10.7 Å². The minimum absolute atomic E-state index is 0.430. The lowest BCUT2D eigenvalue weighted by Gasteiger charge is -2.19. The lowest BCUT2D eigenvalue weighted by molar-refractivity contribution is 0.561. The fraction of sp³-hybridized carbons (Fsp3) is 0.278. The predicted molar refractivity (Wildman–Crippen MR) is 104 cm³/mol.